The first-order valence-corrected chi connectivity index (χ1v) is 5.59. The Labute approximate surface area is 100.0 Å². The summed E-state index contributed by atoms with van der Waals surface area (Å²) in [6, 6.07) is 0.761. The van der Waals surface area contributed by atoms with E-state index in [0.717, 1.165) is 32.4 Å². The zero-order chi connectivity index (χ0) is 10.9. The normalized spacial score (nSPS) is 25.9. The van der Waals surface area contributed by atoms with Gasteiger partial charge in [0.15, 0.2) is 0 Å². The van der Waals surface area contributed by atoms with Crippen LogP contribution in [0.2, 0.25) is 0 Å². The first kappa shape index (κ1) is 14.1. The van der Waals surface area contributed by atoms with Crippen LogP contribution in [0.3, 0.4) is 0 Å². The molecule has 0 aromatic carbocycles. The molecular weight excluding hydrogens is 241 g/mol. The molecule has 2 rings (SSSR count). The van der Waals surface area contributed by atoms with Crippen LogP contribution in [0.15, 0.2) is 0 Å². The number of halogens is 4. The van der Waals surface area contributed by atoms with E-state index in [9.17, 15) is 13.2 Å². The molecule has 1 heterocycles. The molecule has 1 unspecified atom stereocenters. The van der Waals surface area contributed by atoms with Gasteiger partial charge in [-0.3, -0.25) is 4.90 Å². The van der Waals surface area contributed by atoms with Crippen LogP contribution < -0.4 is 5.32 Å². The van der Waals surface area contributed by atoms with Crippen molar-refractivity contribution in [1.82, 2.24) is 10.2 Å². The maximum absolute atomic E-state index is 12.1. The van der Waals surface area contributed by atoms with Crippen molar-refractivity contribution in [3.8, 4) is 0 Å². The van der Waals surface area contributed by atoms with Gasteiger partial charge in [0, 0.05) is 25.2 Å². The largest absolute Gasteiger partial charge is 0.390 e. The van der Waals surface area contributed by atoms with Gasteiger partial charge in [-0.05, 0) is 25.8 Å². The maximum atomic E-state index is 12.1. The van der Waals surface area contributed by atoms with Crippen LogP contribution in [0.1, 0.15) is 25.7 Å². The van der Waals surface area contributed by atoms with Gasteiger partial charge in [-0.25, -0.2) is 0 Å². The molecule has 16 heavy (non-hydrogen) atoms. The molecule has 0 spiro atoms. The van der Waals surface area contributed by atoms with Crippen molar-refractivity contribution >= 4 is 12.4 Å². The molecule has 1 saturated heterocycles. The molecule has 1 aliphatic heterocycles. The minimum Gasteiger partial charge on any atom is -0.315 e. The topological polar surface area (TPSA) is 15.3 Å². The molecule has 2 fully saturated rings. The fraction of sp³-hybridized carbons (Fsp3) is 1.00. The number of nitrogens with zero attached hydrogens (tertiary/aromatic N) is 1. The van der Waals surface area contributed by atoms with Crippen LogP contribution in [-0.4, -0.2) is 42.8 Å². The van der Waals surface area contributed by atoms with E-state index in [4.69, 9.17) is 0 Å². The van der Waals surface area contributed by atoms with Gasteiger partial charge in [-0.2, -0.15) is 13.2 Å². The van der Waals surface area contributed by atoms with E-state index in [-0.39, 0.29) is 19.0 Å². The van der Waals surface area contributed by atoms with Gasteiger partial charge in [-0.1, -0.05) is 0 Å². The minimum atomic E-state index is -4.01. The molecule has 96 valence electrons. The van der Waals surface area contributed by atoms with Crippen molar-refractivity contribution in [3.05, 3.63) is 0 Å². The highest BCUT2D eigenvalue weighted by Crippen LogP contribution is 2.32. The maximum Gasteiger partial charge on any atom is 0.390 e. The summed E-state index contributed by atoms with van der Waals surface area (Å²) in [5.74, 6) is 0. The van der Waals surface area contributed by atoms with E-state index >= 15 is 0 Å². The van der Waals surface area contributed by atoms with Crippen LogP contribution in [0.25, 0.3) is 0 Å². The van der Waals surface area contributed by atoms with Crippen LogP contribution in [0.5, 0.6) is 0 Å². The third-order valence-corrected chi connectivity index (χ3v) is 3.17. The number of hydrogen-bond donors (Lipinski definition) is 1. The second kappa shape index (κ2) is 5.56. The van der Waals surface area contributed by atoms with Crippen molar-refractivity contribution < 1.29 is 13.2 Å². The summed E-state index contributed by atoms with van der Waals surface area (Å²) in [5, 5.41) is 3.21. The SMILES string of the molecule is Cl.FC(F)(F)CCN(C1CC1)C1CCNC1. The van der Waals surface area contributed by atoms with Gasteiger partial charge in [0.05, 0.1) is 6.42 Å². The van der Waals surface area contributed by atoms with E-state index in [0.29, 0.717) is 12.1 Å². The zero-order valence-electron chi connectivity index (χ0n) is 9.09. The zero-order valence-corrected chi connectivity index (χ0v) is 9.91. The molecule has 1 atom stereocenters. The van der Waals surface area contributed by atoms with Crippen LogP contribution in [0, 0.1) is 0 Å². The van der Waals surface area contributed by atoms with Crippen LogP contribution in [-0.2, 0) is 0 Å². The van der Waals surface area contributed by atoms with Gasteiger partial charge in [0.2, 0.25) is 0 Å². The molecule has 1 saturated carbocycles. The average Bonchev–Trinajstić information content (AvgIpc) is 2.80. The summed E-state index contributed by atoms with van der Waals surface area (Å²) in [6.45, 7) is 1.98. The number of rotatable bonds is 4. The number of alkyl halides is 3. The van der Waals surface area contributed by atoms with Gasteiger partial charge < -0.3 is 5.32 Å². The number of nitrogens with one attached hydrogen (secondary N) is 1. The summed E-state index contributed by atoms with van der Waals surface area (Å²) in [4.78, 5) is 2.06. The Morgan fingerprint density at radius 1 is 1.12 bits per heavy atom. The lowest BCUT2D eigenvalue weighted by atomic mass is 10.2. The van der Waals surface area contributed by atoms with E-state index in [2.05, 4.69) is 10.2 Å². The molecule has 0 radical (unpaired) electrons. The Balaban J connectivity index is 0.00000128. The van der Waals surface area contributed by atoms with Crippen molar-refractivity contribution in [1.29, 1.82) is 0 Å². The Bertz CT molecular complexity index is 213. The second-order valence-electron chi connectivity index (χ2n) is 4.48. The molecule has 2 aliphatic rings. The Morgan fingerprint density at radius 3 is 2.25 bits per heavy atom. The fourth-order valence-electron chi connectivity index (χ4n) is 2.25. The molecule has 0 amide bonds. The predicted octanol–water partition coefficient (Wildman–Crippen LogP) is 2.19. The second-order valence-corrected chi connectivity index (χ2v) is 4.48. The molecule has 2 nitrogen and oxygen atoms in total. The van der Waals surface area contributed by atoms with Gasteiger partial charge in [-0.15, -0.1) is 12.4 Å². The smallest absolute Gasteiger partial charge is 0.315 e. The standard InChI is InChI=1S/C10H17F3N2.ClH/c11-10(12,13)4-6-15(8-1-2-8)9-3-5-14-7-9;/h8-9,14H,1-7H2;1H. The molecular formula is C10H18ClF3N2. The Morgan fingerprint density at radius 2 is 1.81 bits per heavy atom. The third-order valence-electron chi connectivity index (χ3n) is 3.17. The highest BCUT2D eigenvalue weighted by molar-refractivity contribution is 5.85. The molecule has 6 heteroatoms. The average molecular weight is 259 g/mol. The summed E-state index contributed by atoms with van der Waals surface area (Å²) < 4.78 is 36.4. The predicted molar refractivity (Wildman–Crippen MR) is 58.9 cm³/mol. The quantitative estimate of drug-likeness (QED) is 0.832. The van der Waals surface area contributed by atoms with Crippen molar-refractivity contribution in [2.75, 3.05) is 19.6 Å². The molecule has 1 aliphatic carbocycles. The van der Waals surface area contributed by atoms with E-state index in [1.165, 1.54) is 0 Å². The molecule has 0 bridgehead atoms. The lowest BCUT2D eigenvalue weighted by Gasteiger charge is -2.28. The molecule has 0 aromatic heterocycles. The first-order valence-electron chi connectivity index (χ1n) is 5.59. The third kappa shape index (κ3) is 4.11. The lowest BCUT2D eigenvalue weighted by molar-refractivity contribution is -0.139. The van der Waals surface area contributed by atoms with Gasteiger partial charge in [0.1, 0.15) is 0 Å². The monoisotopic (exact) mass is 258 g/mol. The Hall–Kier alpha value is -0.0000000000000000416. The summed E-state index contributed by atoms with van der Waals surface area (Å²) in [7, 11) is 0. The van der Waals surface area contributed by atoms with Gasteiger partial charge in [0.25, 0.3) is 0 Å². The number of hydrogen-bond acceptors (Lipinski definition) is 2. The molecule has 0 aromatic rings. The fourth-order valence-corrected chi connectivity index (χ4v) is 2.25. The lowest BCUT2D eigenvalue weighted by Crippen LogP contribution is -2.40. The minimum absolute atomic E-state index is 0. The summed E-state index contributed by atoms with van der Waals surface area (Å²) in [5.41, 5.74) is 0. The Kier molecular flexibility index (Phi) is 4.88. The van der Waals surface area contributed by atoms with Crippen molar-refractivity contribution in [2.45, 2.75) is 43.9 Å². The summed E-state index contributed by atoms with van der Waals surface area (Å²) in [6.07, 6.45) is -1.53. The first-order chi connectivity index (χ1) is 7.06. The van der Waals surface area contributed by atoms with E-state index in [1.54, 1.807) is 0 Å². The van der Waals surface area contributed by atoms with Crippen molar-refractivity contribution in [3.63, 3.8) is 0 Å². The van der Waals surface area contributed by atoms with Crippen LogP contribution in [0.4, 0.5) is 13.2 Å². The highest BCUT2D eigenvalue weighted by Gasteiger charge is 2.37. The van der Waals surface area contributed by atoms with Gasteiger partial charge >= 0.3 is 6.18 Å². The van der Waals surface area contributed by atoms with Crippen molar-refractivity contribution in [2.24, 2.45) is 0 Å². The van der Waals surface area contributed by atoms with Crippen LogP contribution >= 0.6 is 12.4 Å². The van der Waals surface area contributed by atoms with E-state index < -0.39 is 12.6 Å². The summed E-state index contributed by atoms with van der Waals surface area (Å²) >= 11 is 0. The highest BCUT2D eigenvalue weighted by atomic mass is 35.5. The molecule has 1 N–H and O–H groups in total. The van der Waals surface area contributed by atoms with E-state index in [1.807, 2.05) is 0 Å².